The lowest BCUT2D eigenvalue weighted by molar-refractivity contribution is 0.0115. The number of benzene rings is 2. The van der Waals surface area contributed by atoms with Gasteiger partial charge in [-0.05, 0) is 54.6 Å². The Morgan fingerprint density at radius 2 is 2.06 bits per heavy atom. The first kappa shape index (κ1) is 15.2. The molecule has 2 saturated heterocycles. The van der Waals surface area contributed by atoms with E-state index in [1.165, 1.54) is 12.1 Å². The molecule has 6 nitrogen and oxygen atoms in total. The summed E-state index contributed by atoms with van der Waals surface area (Å²) in [4.78, 5) is 20.4. The van der Waals surface area contributed by atoms with Crippen molar-refractivity contribution in [1.82, 2.24) is 9.88 Å². The van der Waals surface area contributed by atoms with Gasteiger partial charge in [-0.15, -0.1) is 0 Å². The summed E-state index contributed by atoms with van der Waals surface area (Å²) in [5, 5.41) is 9.93. The number of H-pyrrole nitrogens is 1. The quantitative estimate of drug-likeness (QED) is 0.571. The third kappa shape index (κ3) is 3.56. The lowest BCUT2D eigenvalue weighted by atomic mass is 9.70. The Kier molecular flexibility index (Phi) is 3.70. The smallest absolute Gasteiger partial charge is 0.195 e. The van der Waals surface area contributed by atoms with E-state index in [0.717, 1.165) is 4.90 Å². The summed E-state index contributed by atoms with van der Waals surface area (Å²) in [6.45, 7) is -4.10. The Labute approximate surface area is 225 Å². The molecule has 0 radical (unpaired) electrons. The summed E-state index contributed by atoms with van der Waals surface area (Å²) in [6.07, 6.45) is -2.52. The van der Waals surface area contributed by atoms with Crippen molar-refractivity contribution in [1.29, 1.82) is 5.26 Å². The van der Waals surface area contributed by atoms with E-state index in [9.17, 15) is 10.1 Å². The summed E-state index contributed by atoms with van der Waals surface area (Å²) in [5.41, 5.74) is -0.133. The average molecular weight is 492 g/mol. The van der Waals surface area contributed by atoms with Crippen LogP contribution in [0.3, 0.4) is 0 Å². The average Bonchev–Trinajstić information content (AvgIpc) is 3.40. The van der Waals surface area contributed by atoms with Gasteiger partial charge in [-0.2, -0.15) is 5.26 Å². The van der Waals surface area contributed by atoms with Crippen LogP contribution in [0.15, 0.2) is 30.3 Å². The van der Waals surface area contributed by atoms with Crippen molar-refractivity contribution < 1.29 is 21.9 Å². The molecule has 0 spiro atoms. The van der Waals surface area contributed by atoms with Crippen LogP contribution in [0.2, 0.25) is 0 Å². The maximum atomic E-state index is 14.2. The number of ether oxygens (including phenoxy) is 1. The molecule has 0 unspecified atom stereocenters. The largest absolute Gasteiger partial charge is 0.379 e. The monoisotopic (exact) mass is 491 g/mol. The van der Waals surface area contributed by atoms with Gasteiger partial charge < -0.3 is 14.6 Å². The molecular weight excluding hydrogens is 448 g/mol. The van der Waals surface area contributed by atoms with Crippen LogP contribution >= 0.6 is 0 Å². The molecule has 3 heterocycles. The standard InChI is InChI=1S/C30H34N4O2/c1-4-20-16-23-24(17-26(20)34-9-7-21(8-10-34)33-11-13-36-14-12-33)30(2,3)29-27(28(23)35)22-6-5-19(18-31)15-25(22)32-29/h5-6,15-17,21,32H,4,7-14H2,1-3H3/i1D,2D,3D,4D2,9D2,10D2. The number of piperidine rings is 1. The predicted molar refractivity (Wildman–Crippen MR) is 142 cm³/mol. The zero-order valence-electron chi connectivity index (χ0n) is 29.0. The number of nitrogens with zero attached hydrogens (tertiary/aromatic N) is 3. The number of aromatic amines is 1. The number of anilines is 1. The van der Waals surface area contributed by atoms with Gasteiger partial charge in [0.2, 0.25) is 0 Å². The SMILES string of the molecule is [2H]CC([2H])([2H])c1cc2c(cc1N1C([2H])([2H])CC(N3CCOCC3)CC1([2H])[2H])C(C[2H])(C[2H])c1[nH]c3cc(C#N)ccc3c1C2=O. The van der Waals surface area contributed by atoms with E-state index in [2.05, 4.69) is 11.1 Å². The van der Waals surface area contributed by atoms with E-state index >= 15 is 0 Å². The van der Waals surface area contributed by atoms with Gasteiger partial charge in [-0.25, -0.2) is 0 Å². The van der Waals surface area contributed by atoms with Gasteiger partial charge >= 0.3 is 0 Å². The Balaban J connectivity index is 1.58. The number of rotatable bonds is 3. The minimum absolute atomic E-state index is 0.0349. The Hall–Kier alpha value is -3.14. The van der Waals surface area contributed by atoms with Crippen LogP contribution in [0.25, 0.3) is 10.9 Å². The molecule has 0 amide bonds. The molecule has 1 aliphatic carbocycles. The first-order valence-corrected chi connectivity index (χ1v) is 12.0. The number of nitriles is 1. The Morgan fingerprint density at radius 3 is 2.78 bits per heavy atom. The number of aryl methyl sites for hydroxylation is 1. The van der Waals surface area contributed by atoms with Crippen molar-refractivity contribution in [3.8, 4) is 6.07 Å². The topological polar surface area (TPSA) is 72.4 Å². The second-order valence-corrected chi connectivity index (χ2v) is 9.61. The Bertz CT molecular complexity index is 1690. The molecule has 0 bridgehead atoms. The van der Waals surface area contributed by atoms with Crippen molar-refractivity contribution in [2.24, 2.45) is 0 Å². The number of nitrogens with one attached hydrogen (secondary N) is 1. The van der Waals surface area contributed by atoms with E-state index in [1.807, 2.05) is 4.90 Å². The number of fused-ring (bicyclic) bond motifs is 4. The van der Waals surface area contributed by atoms with Crippen molar-refractivity contribution >= 4 is 22.4 Å². The maximum Gasteiger partial charge on any atom is 0.195 e. The molecule has 2 aromatic carbocycles. The van der Waals surface area contributed by atoms with Crippen molar-refractivity contribution in [2.75, 3.05) is 44.2 Å². The summed E-state index contributed by atoms with van der Waals surface area (Å²) in [5.74, 6) is -0.487. The normalized spacial score (nSPS) is 27.0. The van der Waals surface area contributed by atoms with Crippen LogP contribution in [-0.2, 0) is 16.5 Å². The molecule has 3 aromatic rings. The van der Waals surface area contributed by atoms with Crippen LogP contribution < -0.4 is 4.90 Å². The fraction of sp³-hybridized carbons (Fsp3) is 0.467. The second-order valence-electron chi connectivity index (χ2n) is 9.61. The molecular formula is C30H34N4O2. The van der Waals surface area contributed by atoms with Crippen molar-refractivity contribution in [3.05, 3.63) is 63.8 Å². The number of ketones is 1. The summed E-state index contributed by atoms with van der Waals surface area (Å²) < 4.78 is 84.8. The van der Waals surface area contributed by atoms with E-state index in [-0.39, 0.29) is 54.6 Å². The molecule has 2 aliphatic heterocycles. The van der Waals surface area contributed by atoms with E-state index in [0.29, 0.717) is 48.5 Å². The number of hydrogen-bond donors (Lipinski definition) is 1. The maximum absolute atomic E-state index is 14.2. The summed E-state index contributed by atoms with van der Waals surface area (Å²) >= 11 is 0. The fourth-order valence-corrected chi connectivity index (χ4v) is 5.52. The first-order chi connectivity index (χ1) is 21.2. The minimum atomic E-state index is -2.38. The fourth-order valence-electron chi connectivity index (χ4n) is 5.52. The highest BCUT2D eigenvalue weighted by Gasteiger charge is 2.40. The van der Waals surface area contributed by atoms with E-state index in [4.69, 9.17) is 17.1 Å². The van der Waals surface area contributed by atoms with Crippen LogP contribution in [0, 0.1) is 11.3 Å². The number of aromatic nitrogens is 1. The third-order valence-electron chi connectivity index (χ3n) is 7.49. The van der Waals surface area contributed by atoms with E-state index in [1.54, 1.807) is 18.2 Å². The predicted octanol–water partition coefficient (Wildman–Crippen LogP) is 4.77. The molecule has 1 aromatic heterocycles. The lowest BCUT2D eigenvalue weighted by Crippen LogP contribution is -2.49. The molecule has 0 atom stereocenters. The summed E-state index contributed by atoms with van der Waals surface area (Å²) in [6, 6.07) is 9.09. The Morgan fingerprint density at radius 1 is 1.25 bits per heavy atom. The number of morpholine rings is 1. The van der Waals surface area contributed by atoms with Gasteiger partial charge in [0.05, 0.1) is 30.4 Å². The molecule has 0 saturated carbocycles. The number of carbonyl (C=O) groups excluding carboxylic acids is 1. The second kappa shape index (κ2) is 8.76. The van der Waals surface area contributed by atoms with Crippen LogP contribution in [0.4, 0.5) is 5.69 Å². The molecule has 3 aliphatic rings. The van der Waals surface area contributed by atoms with Crippen molar-refractivity contribution in [3.63, 3.8) is 0 Å². The van der Waals surface area contributed by atoms with Gasteiger partial charge in [-0.3, -0.25) is 9.69 Å². The molecule has 2 fully saturated rings. The van der Waals surface area contributed by atoms with E-state index < -0.39 is 43.5 Å². The molecule has 6 heteroatoms. The number of carbonyl (C=O) groups is 1. The number of hydrogen-bond acceptors (Lipinski definition) is 5. The highest BCUT2D eigenvalue weighted by Crippen LogP contribution is 2.46. The first-order valence-electron chi connectivity index (χ1n) is 17.2. The zero-order chi connectivity index (χ0) is 32.5. The van der Waals surface area contributed by atoms with Gasteiger partial charge in [0.1, 0.15) is 0 Å². The summed E-state index contributed by atoms with van der Waals surface area (Å²) in [7, 11) is 0. The highest BCUT2D eigenvalue weighted by molar-refractivity contribution is 6.20. The highest BCUT2D eigenvalue weighted by atomic mass is 16.5. The van der Waals surface area contributed by atoms with Crippen LogP contribution in [-0.4, -0.2) is 61.0 Å². The molecule has 1 N–H and O–H groups in total. The lowest BCUT2D eigenvalue weighted by Gasteiger charge is -2.42. The van der Waals surface area contributed by atoms with Crippen molar-refractivity contribution in [2.45, 2.75) is 51.4 Å². The van der Waals surface area contributed by atoms with Gasteiger partial charge in [0.15, 0.2) is 5.78 Å². The van der Waals surface area contributed by atoms with Gasteiger partial charge in [-0.1, -0.05) is 26.8 Å². The van der Waals surface area contributed by atoms with Crippen LogP contribution in [0.1, 0.15) is 84.2 Å². The molecule has 186 valence electrons. The molecule has 36 heavy (non-hydrogen) atoms. The van der Waals surface area contributed by atoms with Gasteiger partial charge in [0.25, 0.3) is 0 Å². The van der Waals surface area contributed by atoms with Crippen LogP contribution in [0.5, 0.6) is 0 Å². The molecule has 6 rings (SSSR count). The van der Waals surface area contributed by atoms with Gasteiger partial charge in [0, 0.05) is 77.7 Å². The minimum Gasteiger partial charge on any atom is -0.379 e. The zero-order valence-corrected chi connectivity index (χ0v) is 20.0. The third-order valence-corrected chi connectivity index (χ3v) is 7.49.